The molecule has 7 nitrogen and oxygen atoms in total. The number of hydrogen-bond donors (Lipinski definition) is 1. The monoisotopic (exact) mass is 334 g/mol. The number of aryl methyl sites for hydroxylation is 1. The fourth-order valence-electron chi connectivity index (χ4n) is 3.85. The zero-order chi connectivity index (χ0) is 16.9. The summed E-state index contributed by atoms with van der Waals surface area (Å²) in [5.74, 6) is 1.85. The van der Waals surface area contributed by atoms with E-state index in [1.807, 2.05) is 12.6 Å². The molecule has 3 atom stereocenters. The first-order valence-corrected chi connectivity index (χ1v) is 9.06. The Bertz CT molecular complexity index is 566. The van der Waals surface area contributed by atoms with Crippen molar-refractivity contribution in [3.63, 3.8) is 0 Å². The summed E-state index contributed by atoms with van der Waals surface area (Å²) < 4.78 is 12.6. The molecule has 3 rings (SSSR count). The average Bonchev–Trinajstić information content (AvgIpc) is 3.09. The maximum atomic E-state index is 11.7. The molecule has 1 N–H and O–H groups in total. The number of ether oxygens (including phenoxy) is 2. The van der Waals surface area contributed by atoms with E-state index in [-0.39, 0.29) is 6.09 Å². The van der Waals surface area contributed by atoms with E-state index in [4.69, 9.17) is 9.47 Å². The van der Waals surface area contributed by atoms with Gasteiger partial charge in [0.2, 0.25) is 0 Å². The molecule has 0 radical (unpaired) electrons. The summed E-state index contributed by atoms with van der Waals surface area (Å²) in [7, 11) is 1.97. The van der Waals surface area contributed by atoms with Crippen LogP contribution in [0.2, 0.25) is 0 Å². The molecular weight excluding hydrogens is 307 g/mol. The zero-order valence-corrected chi connectivity index (χ0v) is 14.7. The van der Waals surface area contributed by atoms with Gasteiger partial charge in [-0.3, -0.25) is 0 Å². The summed E-state index contributed by atoms with van der Waals surface area (Å²) in [5, 5.41) is 11.1. The lowest BCUT2D eigenvalue weighted by molar-refractivity contribution is 0.118. The first-order chi connectivity index (χ1) is 11.7. The third-order valence-corrected chi connectivity index (χ3v) is 5.23. The number of carbonyl (C=O) groups is 1. The molecule has 2 aliphatic carbocycles. The lowest BCUT2D eigenvalue weighted by atomic mass is 10.0. The summed E-state index contributed by atoms with van der Waals surface area (Å²) in [6.45, 7) is 4.36. The summed E-state index contributed by atoms with van der Waals surface area (Å²) >= 11 is 0. The van der Waals surface area contributed by atoms with Crippen LogP contribution in [0.15, 0.2) is 0 Å². The number of hydrogen-bond acceptors (Lipinski definition) is 5. The van der Waals surface area contributed by atoms with Gasteiger partial charge in [0.25, 0.3) is 7.98 Å². The number of carbonyl (C=O) groups excluding carboxylic acids is 1. The molecule has 132 valence electrons. The third kappa shape index (κ3) is 4.09. The molecule has 1 fully saturated rings. The maximum absolute atomic E-state index is 11.7. The Kier molecular flexibility index (Phi) is 5.76. The number of rotatable bonds is 7. The van der Waals surface area contributed by atoms with Crippen molar-refractivity contribution in [1.82, 2.24) is 20.2 Å². The van der Waals surface area contributed by atoms with Crippen LogP contribution in [0.5, 0.6) is 0 Å². The Hall–Kier alpha value is -1.57. The van der Waals surface area contributed by atoms with Gasteiger partial charge >= 0.3 is 6.09 Å². The van der Waals surface area contributed by atoms with E-state index >= 15 is 0 Å². The number of nitrogens with zero attached hydrogens (tertiary/aromatic N) is 3. The quantitative estimate of drug-likeness (QED) is 0.583. The van der Waals surface area contributed by atoms with Crippen LogP contribution in [0.4, 0.5) is 4.79 Å². The first-order valence-electron chi connectivity index (χ1n) is 9.06. The van der Waals surface area contributed by atoms with E-state index in [0.29, 0.717) is 37.5 Å². The minimum atomic E-state index is -0.330. The molecule has 2 aliphatic rings. The van der Waals surface area contributed by atoms with Crippen molar-refractivity contribution in [3.8, 4) is 0 Å². The van der Waals surface area contributed by atoms with Crippen molar-refractivity contribution in [2.24, 2.45) is 17.8 Å². The van der Waals surface area contributed by atoms with Gasteiger partial charge in [-0.15, -0.1) is 5.10 Å². The molecule has 0 spiro atoms. The van der Waals surface area contributed by atoms with Crippen molar-refractivity contribution in [1.29, 1.82) is 0 Å². The van der Waals surface area contributed by atoms with E-state index in [1.54, 1.807) is 0 Å². The van der Waals surface area contributed by atoms with Crippen molar-refractivity contribution in [3.05, 3.63) is 11.4 Å². The van der Waals surface area contributed by atoms with Crippen molar-refractivity contribution < 1.29 is 14.3 Å². The molecule has 1 saturated carbocycles. The van der Waals surface area contributed by atoms with E-state index in [1.165, 1.54) is 5.69 Å². The van der Waals surface area contributed by atoms with Crippen LogP contribution in [-0.4, -0.2) is 55.3 Å². The first kappa shape index (κ1) is 17.3. The fraction of sp³-hybridized carbons (Fsp3) is 0.812. The molecule has 8 heteroatoms. The Morgan fingerprint density at radius 3 is 2.92 bits per heavy atom. The normalized spacial score (nSPS) is 25.1. The molecule has 3 unspecified atom stereocenters. The number of alkyl carbamates (subject to hydrolysis) is 1. The van der Waals surface area contributed by atoms with Crippen molar-refractivity contribution in [2.45, 2.75) is 39.0 Å². The number of fused-ring (bicyclic) bond motifs is 2. The number of amides is 1. The Balaban J connectivity index is 1.36. The smallest absolute Gasteiger partial charge is 0.407 e. The highest BCUT2D eigenvalue weighted by Gasteiger charge is 2.50. The lowest BCUT2D eigenvalue weighted by Crippen LogP contribution is -2.28. The second-order valence-corrected chi connectivity index (χ2v) is 6.81. The molecule has 1 amide bonds. The van der Waals surface area contributed by atoms with Crippen LogP contribution in [0, 0.1) is 17.8 Å². The van der Waals surface area contributed by atoms with Crippen LogP contribution >= 0.6 is 0 Å². The van der Waals surface area contributed by atoms with E-state index < -0.39 is 0 Å². The molecule has 1 aromatic rings. The van der Waals surface area contributed by atoms with Gasteiger partial charge in [0, 0.05) is 18.8 Å². The fourth-order valence-corrected chi connectivity index (χ4v) is 3.85. The minimum absolute atomic E-state index is 0.330. The zero-order valence-electron chi connectivity index (χ0n) is 14.7. The SMILES string of the molecule is Bn1nnc2c1CCC1C(CC2)C1COC(=O)NCCOCCC. The minimum Gasteiger partial charge on any atom is -0.449 e. The van der Waals surface area contributed by atoms with E-state index in [2.05, 4.69) is 22.6 Å². The largest absolute Gasteiger partial charge is 0.449 e. The predicted molar refractivity (Wildman–Crippen MR) is 91.5 cm³/mol. The van der Waals surface area contributed by atoms with Crippen molar-refractivity contribution in [2.75, 3.05) is 26.4 Å². The number of nitrogens with one attached hydrogen (secondary N) is 1. The molecule has 0 aromatic carbocycles. The van der Waals surface area contributed by atoms with Gasteiger partial charge in [-0.1, -0.05) is 12.1 Å². The third-order valence-electron chi connectivity index (χ3n) is 5.23. The van der Waals surface area contributed by atoms with Gasteiger partial charge in [-0.05, 0) is 49.9 Å². The van der Waals surface area contributed by atoms with Crippen molar-refractivity contribution >= 4 is 14.1 Å². The van der Waals surface area contributed by atoms with Gasteiger partial charge in [0.15, 0.2) is 0 Å². The van der Waals surface area contributed by atoms with E-state index in [9.17, 15) is 4.79 Å². The van der Waals surface area contributed by atoms with Gasteiger partial charge in [0.1, 0.15) is 0 Å². The van der Waals surface area contributed by atoms with Crippen LogP contribution in [-0.2, 0) is 22.3 Å². The average molecular weight is 334 g/mol. The molecule has 0 bridgehead atoms. The molecule has 0 aliphatic heterocycles. The standard InChI is InChI=1S/C16H27BN4O3/c1-2-8-23-9-7-18-16(22)24-10-13-11-3-5-14-15(6-4-12(11)13)21(17)20-19-14/h11-13H,2-10,17H2,1H3,(H,18,22). The van der Waals surface area contributed by atoms with E-state index in [0.717, 1.165) is 44.4 Å². The molecule has 24 heavy (non-hydrogen) atoms. The lowest BCUT2D eigenvalue weighted by Gasteiger charge is -2.08. The van der Waals surface area contributed by atoms with Crippen LogP contribution in [0.3, 0.4) is 0 Å². The van der Waals surface area contributed by atoms with Crippen LogP contribution in [0.1, 0.15) is 37.6 Å². The van der Waals surface area contributed by atoms with Gasteiger partial charge < -0.3 is 19.4 Å². The molecule has 1 aromatic heterocycles. The Morgan fingerprint density at radius 2 is 2.12 bits per heavy atom. The number of aromatic nitrogens is 3. The summed E-state index contributed by atoms with van der Waals surface area (Å²) in [5.41, 5.74) is 2.41. The van der Waals surface area contributed by atoms with Gasteiger partial charge in [-0.25, -0.2) is 4.79 Å². The molecule has 1 heterocycles. The second-order valence-electron chi connectivity index (χ2n) is 6.81. The topological polar surface area (TPSA) is 78.3 Å². The highest BCUT2D eigenvalue weighted by Crippen LogP contribution is 2.52. The summed E-state index contributed by atoms with van der Waals surface area (Å²) in [6, 6.07) is 0. The maximum Gasteiger partial charge on any atom is 0.407 e. The second kappa shape index (κ2) is 8.01. The predicted octanol–water partition coefficient (Wildman–Crippen LogP) is 0.568. The van der Waals surface area contributed by atoms with Gasteiger partial charge in [0.05, 0.1) is 18.9 Å². The molecular formula is C16H27BN4O3. The van der Waals surface area contributed by atoms with Crippen LogP contribution < -0.4 is 5.32 Å². The Labute approximate surface area is 143 Å². The summed E-state index contributed by atoms with van der Waals surface area (Å²) in [4.78, 5) is 11.7. The molecule has 0 saturated heterocycles. The highest BCUT2D eigenvalue weighted by molar-refractivity contribution is 6.06. The van der Waals surface area contributed by atoms with Crippen LogP contribution in [0.25, 0.3) is 0 Å². The highest BCUT2D eigenvalue weighted by atomic mass is 16.5. The van der Waals surface area contributed by atoms with Gasteiger partial charge in [-0.2, -0.15) is 0 Å². The Morgan fingerprint density at radius 1 is 1.33 bits per heavy atom. The summed E-state index contributed by atoms with van der Waals surface area (Å²) in [6.07, 6.45) is 4.93.